The minimum absolute atomic E-state index is 0.0328. The molecule has 9 nitrogen and oxygen atoms in total. The van der Waals surface area contributed by atoms with Gasteiger partial charge in [-0.3, -0.25) is 0 Å². The van der Waals surface area contributed by atoms with Gasteiger partial charge in [0.05, 0.1) is 12.4 Å². The molecular weight excluding hydrogens is 1090 g/mol. The SMILES string of the molecule is O=S(=O)(Oc1cnc(-c2ccc(OCC(F)(F)C(F)(F)C(F)(F)OC(F)(F)C(F)(F)C(F)(F)C(F)(F)OC(F)(F)C(F)(F)C(F)(F)C(F)(F)F)cc2)nc1)OC(F)(F)C(F)(F)C(F)(F)C(F)(F)F. The predicted molar refractivity (Wildman–Crippen MR) is 142 cm³/mol. The van der Waals surface area contributed by atoms with Crippen LogP contribution in [0.5, 0.6) is 11.5 Å². The molecule has 2 aromatic rings. The second-order valence-electron chi connectivity index (χ2n) is 12.1. The quantitative estimate of drug-likeness (QED) is 0.113. The fourth-order valence-corrected chi connectivity index (χ4v) is 4.38. The highest BCUT2D eigenvalue weighted by atomic mass is 32.3. The Hall–Kier alpha value is -4.51. The van der Waals surface area contributed by atoms with Crippen molar-refractivity contribution in [2.75, 3.05) is 6.61 Å². The highest BCUT2D eigenvalue weighted by Gasteiger charge is 2.90. The van der Waals surface area contributed by atoms with Gasteiger partial charge in [-0.25, -0.2) is 19.4 Å². The average Bonchev–Trinajstić information content (AvgIpc) is 3.11. The molecule has 0 bridgehead atoms. The van der Waals surface area contributed by atoms with Crippen LogP contribution in [-0.4, -0.2) is 115 Å². The normalized spacial score (nSPS) is 15.7. The maximum absolute atomic E-state index is 14.2. The van der Waals surface area contributed by atoms with Gasteiger partial charge in [0, 0.05) is 5.56 Å². The molecular formula is C26H8F32N2O7S. The van der Waals surface area contributed by atoms with Crippen molar-refractivity contribution in [1.82, 2.24) is 9.97 Å². The van der Waals surface area contributed by atoms with E-state index in [1.54, 1.807) is 0 Å². The van der Waals surface area contributed by atoms with Gasteiger partial charge in [-0.2, -0.15) is 153 Å². The number of benzene rings is 1. The van der Waals surface area contributed by atoms with Crippen LogP contribution in [0.15, 0.2) is 36.7 Å². The first kappa shape index (κ1) is 59.6. The molecule has 0 amide bonds. The Bertz CT molecular complexity index is 2190. The third kappa shape index (κ3) is 10.3. The summed E-state index contributed by atoms with van der Waals surface area (Å²) in [6.45, 7) is -3.31. The number of halogens is 32. The second kappa shape index (κ2) is 17.1. The molecule has 0 aliphatic carbocycles. The molecule has 0 atom stereocenters. The number of hydrogen-bond donors (Lipinski definition) is 0. The number of hydrogen-bond acceptors (Lipinski definition) is 9. The van der Waals surface area contributed by atoms with Crippen molar-refractivity contribution >= 4 is 10.4 Å². The predicted octanol–water partition coefficient (Wildman–Crippen LogP) is 11.4. The number of nitrogens with zero attached hydrogens (tertiary/aromatic N) is 2. The summed E-state index contributed by atoms with van der Waals surface area (Å²) in [6.07, 6.45) is -56.4. The Labute approximate surface area is 349 Å². The molecule has 0 N–H and O–H groups in total. The summed E-state index contributed by atoms with van der Waals surface area (Å²) in [7, 11) is -6.77. The molecule has 42 heteroatoms. The Kier molecular flexibility index (Phi) is 15.0. The van der Waals surface area contributed by atoms with Crippen LogP contribution in [0.4, 0.5) is 140 Å². The molecule has 0 aliphatic heterocycles. The standard InChI is InChI=1S/C26H8F32N2O7S/c27-12(28,13(29,30)22(49,50)65-24(53,54)18(39,40)19(41,42)25(55,56)66-23(51,52)16(35,36)14(31,32)20(43,44)45)7-63-9-3-1-8(2-4-9)11-59-5-10(6-60-11)64-68(61,62)67-26(57,58)17(37,38)15(33,34)21(46,47)48/h1-6H,7H2. The third-order valence-electron chi connectivity index (χ3n) is 7.26. The maximum atomic E-state index is 14.2. The summed E-state index contributed by atoms with van der Waals surface area (Å²) < 4.78 is 461. The van der Waals surface area contributed by atoms with E-state index in [2.05, 4.69) is 23.1 Å². The zero-order valence-corrected chi connectivity index (χ0v) is 30.7. The third-order valence-corrected chi connectivity index (χ3v) is 8.07. The van der Waals surface area contributed by atoms with Crippen LogP contribution in [0.3, 0.4) is 0 Å². The zero-order chi connectivity index (χ0) is 54.2. The fraction of sp³-hybridized carbons (Fsp3) is 0.615. The number of ether oxygens (including phenoxy) is 3. The largest absolute Gasteiger partial charge is 0.487 e. The maximum Gasteiger partial charge on any atom is 0.460 e. The first-order valence-electron chi connectivity index (χ1n) is 15.1. The van der Waals surface area contributed by atoms with Crippen molar-refractivity contribution in [3.05, 3.63) is 36.7 Å². The van der Waals surface area contributed by atoms with Crippen LogP contribution >= 0.6 is 0 Å². The van der Waals surface area contributed by atoms with Crippen LogP contribution < -0.4 is 8.92 Å². The molecule has 0 aliphatic rings. The molecule has 1 heterocycles. The molecule has 68 heavy (non-hydrogen) atoms. The Morgan fingerprint density at radius 2 is 0.706 bits per heavy atom. The van der Waals surface area contributed by atoms with E-state index in [1.165, 1.54) is 4.74 Å². The molecule has 0 saturated heterocycles. The average molecular weight is 1100 g/mol. The zero-order valence-electron chi connectivity index (χ0n) is 29.9. The fourth-order valence-electron chi connectivity index (χ4n) is 3.67. The van der Waals surface area contributed by atoms with Crippen molar-refractivity contribution in [2.45, 2.75) is 90.3 Å². The van der Waals surface area contributed by atoms with Gasteiger partial charge in [-0.15, -0.1) is 0 Å². The van der Waals surface area contributed by atoms with E-state index in [1.807, 2.05) is 0 Å². The summed E-state index contributed by atoms with van der Waals surface area (Å²) in [4.78, 5) is 6.37. The molecule has 0 unspecified atom stereocenters. The summed E-state index contributed by atoms with van der Waals surface area (Å²) in [6, 6.07) is 1.49. The lowest BCUT2D eigenvalue weighted by Gasteiger charge is -2.40. The van der Waals surface area contributed by atoms with Crippen LogP contribution in [0.1, 0.15) is 0 Å². The number of alkyl halides is 32. The van der Waals surface area contributed by atoms with Crippen LogP contribution in [0.2, 0.25) is 0 Å². The topological polar surface area (TPSA) is 106 Å². The van der Waals surface area contributed by atoms with E-state index in [0.717, 1.165) is 4.74 Å². The van der Waals surface area contributed by atoms with E-state index in [-0.39, 0.29) is 24.5 Å². The molecule has 0 radical (unpaired) electrons. The van der Waals surface area contributed by atoms with Gasteiger partial charge >= 0.3 is 101 Å². The molecule has 0 fully saturated rings. The minimum atomic E-state index is -8.96. The summed E-state index contributed by atoms with van der Waals surface area (Å²) in [5, 5.41) is 0. The highest BCUT2D eigenvalue weighted by molar-refractivity contribution is 7.82. The molecule has 1 aromatic carbocycles. The van der Waals surface area contributed by atoms with Crippen molar-refractivity contribution in [1.29, 1.82) is 0 Å². The summed E-state index contributed by atoms with van der Waals surface area (Å²) in [5.41, 5.74) is -0.548. The highest BCUT2D eigenvalue weighted by Crippen LogP contribution is 2.61. The van der Waals surface area contributed by atoms with E-state index in [0.29, 0.717) is 12.1 Å². The number of aromatic nitrogens is 2. The lowest BCUT2D eigenvalue weighted by Crippen LogP contribution is -2.69. The van der Waals surface area contributed by atoms with E-state index < -0.39 is 130 Å². The molecule has 394 valence electrons. The van der Waals surface area contributed by atoms with Crippen molar-refractivity contribution < 1.29 is 171 Å². The molecule has 0 spiro atoms. The monoisotopic (exact) mass is 1100 g/mol. The van der Waals surface area contributed by atoms with Gasteiger partial charge in [0.1, 0.15) is 5.75 Å². The lowest BCUT2D eigenvalue weighted by atomic mass is 10.1. The summed E-state index contributed by atoms with van der Waals surface area (Å²) in [5.74, 6) is -68.4. The van der Waals surface area contributed by atoms with Gasteiger partial charge in [-0.1, -0.05) is 0 Å². The van der Waals surface area contributed by atoms with Gasteiger partial charge in [0.25, 0.3) is 0 Å². The van der Waals surface area contributed by atoms with Gasteiger partial charge in [-0.05, 0) is 24.3 Å². The van der Waals surface area contributed by atoms with Gasteiger partial charge in [0.15, 0.2) is 18.2 Å². The Morgan fingerprint density at radius 1 is 0.397 bits per heavy atom. The number of rotatable bonds is 21. The smallest absolute Gasteiger partial charge is 0.460 e. The van der Waals surface area contributed by atoms with E-state index >= 15 is 0 Å². The first-order chi connectivity index (χ1) is 29.5. The molecule has 2 rings (SSSR count). The van der Waals surface area contributed by atoms with Crippen LogP contribution in [0, 0.1) is 0 Å². The van der Waals surface area contributed by atoms with Crippen molar-refractivity contribution in [2.24, 2.45) is 0 Å². The van der Waals surface area contributed by atoms with Crippen molar-refractivity contribution in [3.63, 3.8) is 0 Å². The Balaban J connectivity index is 2.26. The first-order valence-corrected chi connectivity index (χ1v) is 16.5. The van der Waals surface area contributed by atoms with E-state index in [4.69, 9.17) is 0 Å². The molecule has 1 aromatic heterocycles. The lowest BCUT2D eigenvalue weighted by molar-refractivity contribution is -0.543. The Morgan fingerprint density at radius 3 is 1.04 bits per heavy atom. The second-order valence-corrected chi connectivity index (χ2v) is 13.3. The minimum Gasteiger partial charge on any atom is -0.487 e. The van der Waals surface area contributed by atoms with Crippen LogP contribution in [0.25, 0.3) is 11.4 Å². The summed E-state index contributed by atoms with van der Waals surface area (Å²) >= 11 is 0. The van der Waals surface area contributed by atoms with E-state index in [9.17, 15) is 149 Å². The van der Waals surface area contributed by atoms with Gasteiger partial charge in [0.2, 0.25) is 0 Å². The van der Waals surface area contributed by atoms with Gasteiger partial charge < -0.3 is 8.92 Å². The molecule has 0 saturated carbocycles. The van der Waals surface area contributed by atoms with Crippen LogP contribution in [-0.2, 0) is 24.1 Å². The van der Waals surface area contributed by atoms with Crippen molar-refractivity contribution in [3.8, 4) is 22.9 Å².